The highest BCUT2D eigenvalue weighted by molar-refractivity contribution is 5.76. The molecule has 0 aliphatic heterocycles. The number of aromatic hydroxyl groups is 1. The summed E-state index contributed by atoms with van der Waals surface area (Å²) in [5, 5.41) is 8.85. The zero-order valence-electron chi connectivity index (χ0n) is 5.16. The van der Waals surface area contributed by atoms with Gasteiger partial charge in [-0.25, -0.2) is 4.98 Å². The van der Waals surface area contributed by atoms with Crippen molar-refractivity contribution < 1.29 is 9.90 Å². The van der Waals surface area contributed by atoms with Crippen LogP contribution in [0.3, 0.4) is 0 Å². The maximum Gasteiger partial charge on any atom is 0.232 e. The Kier molecular flexibility index (Phi) is 1.57. The van der Waals surface area contributed by atoms with Gasteiger partial charge in [-0.05, 0) is 0 Å². The maximum atomic E-state index is 10.3. The molecule has 1 rings (SSSR count). The number of hydrogen-bond donors (Lipinski definition) is 3. The Hall–Kier alpha value is -1.52. The second-order valence-electron chi connectivity index (χ2n) is 1.85. The van der Waals surface area contributed by atoms with Gasteiger partial charge in [0.05, 0.1) is 18.4 Å². The van der Waals surface area contributed by atoms with Crippen LogP contribution in [-0.2, 0) is 11.2 Å². The van der Waals surface area contributed by atoms with E-state index in [-0.39, 0.29) is 12.3 Å². The predicted octanol–water partition coefficient (Wildman–Crippen LogP) is -0.857. The van der Waals surface area contributed by atoms with Crippen molar-refractivity contribution in [1.29, 1.82) is 0 Å². The van der Waals surface area contributed by atoms with Crippen molar-refractivity contribution in [3.05, 3.63) is 12.0 Å². The van der Waals surface area contributed by atoms with E-state index in [1.807, 2.05) is 0 Å². The van der Waals surface area contributed by atoms with E-state index in [9.17, 15) is 4.79 Å². The van der Waals surface area contributed by atoms with Crippen molar-refractivity contribution >= 4 is 5.91 Å². The fourth-order valence-corrected chi connectivity index (χ4v) is 0.618. The second kappa shape index (κ2) is 2.38. The normalized spacial score (nSPS) is 9.60. The molecule has 1 heterocycles. The number of aromatic amines is 1. The molecule has 0 atom stereocenters. The number of nitrogens with one attached hydrogen (secondary N) is 1. The van der Waals surface area contributed by atoms with Gasteiger partial charge < -0.3 is 15.8 Å². The Morgan fingerprint density at radius 2 is 2.60 bits per heavy atom. The van der Waals surface area contributed by atoms with Gasteiger partial charge in [-0.15, -0.1) is 0 Å². The van der Waals surface area contributed by atoms with E-state index in [2.05, 4.69) is 9.97 Å². The largest absolute Gasteiger partial charge is 0.492 e. The number of primary amides is 1. The molecule has 10 heavy (non-hydrogen) atoms. The first-order chi connectivity index (χ1) is 4.70. The van der Waals surface area contributed by atoms with Crippen molar-refractivity contribution in [2.45, 2.75) is 6.42 Å². The number of nitrogens with zero attached hydrogens (tertiary/aromatic N) is 1. The Morgan fingerprint density at radius 3 is 3.00 bits per heavy atom. The number of amides is 1. The molecule has 0 saturated heterocycles. The van der Waals surface area contributed by atoms with Crippen LogP contribution in [0.5, 0.6) is 5.88 Å². The van der Waals surface area contributed by atoms with Gasteiger partial charge in [0, 0.05) is 0 Å². The van der Waals surface area contributed by atoms with Crippen LogP contribution in [-0.4, -0.2) is 21.0 Å². The highest BCUT2D eigenvalue weighted by Crippen LogP contribution is 2.08. The van der Waals surface area contributed by atoms with E-state index in [0.717, 1.165) is 0 Å². The standard InChI is InChI=1S/C5H7N3O2/c6-4(9)1-3-5(10)8-2-7-3/h2,10H,1H2,(H2,6,9)(H,7,8). The molecule has 0 aromatic carbocycles. The molecular formula is C5H7N3O2. The molecule has 1 aromatic heterocycles. The van der Waals surface area contributed by atoms with Crippen LogP contribution < -0.4 is 5.73 Å². The van der Waals surface area contributed by atoms with E-state index in [1.165, 1.54) is 6.33 Å². The average molecular weight is 141 g/mol. The lowest BCUT2D eigenvalue weighted by Gasteiger charge is -1.90. The minimum Gasteiger partial charge on any atom is -0.492 e. The Balaban J connectivity index is 2.74. The molecule has 5 nitrogen and oxygen atoms in total. The van der Waals surface area contributed by atoms with Crippen LogP contribution >= 0.6 is 0 Å². The van der Waals surface area contributed by atoms with Crippen molar-refractivity contribution in [2.24, 2.45) is 5.73 Å². The van der Waals surface area contributed by atoms with Gasteiger partial charge in [0.15, 0.2) is 0 Å². The van der Waals surface area contributed by atoms with E-state index in [4.69, 9.17) is 10.8 Å². The fourth-order valence-electron chi connectivity index (χ4n) is 0.618. The molecule has 1 aromatic rings. The van der Waals surface area contributed by atoms with Gasteiger partial charge >= 0.3 is 0 Å². The fraction of sp³-hybridized carbons (Fsp3) is 0.200. The molecule has 0 saturated carbocycles. The van der Waals surface area contributed by atoms with Gasteiger partial charge in [-0.2, -0.15) is 0 Å². The smallest absolute Gasteiger partial charge is 0.232 e. The number of rotatable bonds is 2. The molecule has 5 heteroatoms. The first kappa shape index (κ1) is 6.60. The minimum atomic E-state index is -0.500. The van der Waals surface area contributed by atoms with E-state index < -0.39 is 5.91 Å². The summed E-state index contributed by atoms with van der Waals surface area (Å²) in [5.41, 5.74) is 5.21. The highest BCUT2D eigenvalue weighted by atomic mass is 16.3. The average Bonchev–Trinajstić information content (AvgIpc) is 2.15. The van der Waals surface area contributed by atoms with Gasteiger partial charge in [-0.3, -0.25) is 4.79 Å². The molecular weight excluding hydrogens is 134 g/mol. The lowest BCUT2D eigenvalue weighted by molar-refractivity contribution is -0.117. The van der Waals surface area contributed by atoms with Crippen LogP contribution in [0.2, 0.25) is 0 Å². The molecule has 0 aliphatic carbocycles. The van der Waals surface area contributed by atoms with Crippen LogP contribution in [0.4, 0.5) is 0 Å². The zero-order valence-corrected chi connectivity index (χ0v) is 5.16. The third kappa shape index (κ3) is 1.25. The molecule has 0 radical (unpaired) electrons. The van der Waals surface area contributed by atoms with Crippen LogP contribution in [0, 0.1) is 0 Å². The first-order valence-corrected chi connectivity index (χ1v) is 2.69. The monoisotopic (exact) mass is 141 g/mol. The predicted molar refractivity (Wildman–Crippen MR) is 33.2 cm³/mol. The summed E-state index contributed by atoms with van der Waals surface area (Å²) < 4.78 is 0. The molecule has 0 spiro atoms. The molecule has 0 fully saturated rings. The lowest BCUT2D eigenvalue weighted by atomic mass is 10.3. The van der Waals surface area contributed by atoms with E-state index in [1.54, 1.807) is 0 Å². The zero-order chi connectivity index (χ0) is 7.56. The quantitative estimate of drug-likeness (QED) is 0.500. The third-order valence-corrected chi connectivity index (χ3v) is 1.05. The number of H-pyrrole nitrogens is 1. The number of nitrogens with two attached hydrogens (primary N) is 1. The van der Waals surface area contributed by atoms with Gasteiger partial charge in [0.25, 0.3) is 0 Å². The summed E-state index contributed by atoms with van der Waals surface area (Å²) in [6.45, 7) is 0. The minimum absolute atomic E-state index is 0.00810. The Morgan fingerprint density at radius 1 is 1.90 bits per heavy atom. The number of carbonyl (C=O) groups is 1. The molecule has 0 aliphatic rings. The summed E-state index contributed by atoms with van der Waals surface area (Å²) in [4.78, 5) is 16.3. The van der Waals surface area contributed by atoms with Crippen molar-refractivity contribution in [3.8, 4) is 5.88 Å². The van der Waals surface area contributed by atoms with Crippen LogP contribution in [0.25, 0.3) is 0 Å². The second-order valence-corrected chi connectivity index (χ2v) is 1.85. The van der Waals surface area contributed by atoms with E-state index in [0.29, 0.717) is 5.69 Å². The Bertz CT molecular complexity index is 243. The van der Waals surface area contributed by atoms with E-state index >= 15 is 0 Å². The maximum absolute atomic E-state index is 10.3. The lowest BCUT2D eigenvalue weighted by Crippen LogP contribution is -2.13. The Labute approximate surface area is 56.9 Å². The summed E-state index contributed by atoms with van der Waals surface area (Å²) in [5.74, 6) is -0.668. The molecule has 0 bridgehead atoms. The van der Waals surface area contributed by atoms with Gasteiger partial charge in [0.1, 0.15) is 0 Å². The number of carbonyl (C=O) groups excluding carboxylic acids is 1. The third-order valence-electron chi connectivity index (χ3n) is 1.05. The first-order valence-electron chi connectivity index (χ1n) is 2.69. The summed E-state index contributed by atoms with van der Waals surface area (Å²) in [7, 11) is 0. The van der Waals surface area contributed by atoms with Crippen LogP contribution in [0.1, 0.15) is 5.69 Å². The topological polar surface area (TPSA) is 92.0 Å². The van der Waals surface area contributed by atoms with Crippen LogP contribution in [0.15, 0.2) is 6.33 Å². The molecule has 54 valence electrons. The van der Waals surface area contributed by atoms with Crippen molar-refractivity contribution in [2.75, 3.05) is 0 Å². The number of imidazole rings is 1. The molecule has 1 amide bonds. The number of aromatic nitrogens is 2. The summed E-state index contributed by atoms with van der Waals surface area (Å²) in [6.07, 6.45) is 1.29. The van der Waals surface area contributed by atoms with Crippen molar-refractivity contribution in [3.63, 3.8) is 0 Å². The molecule has 0 unspecified atom stereocenters. The van der Waals surface area contributed by atoms with Gasteiger partial charge in [0.2, 0.25) is 11.8 Å². The van der Waals surface area contributed by atoms with Gasteiger partial charge in [-0.1, -0.05) is 0 Å². The SMILES string of the molecule is NC(=O)Cc1[nH]cnc1O. The molecule has 4 N–H and O–H groups in total. The highest BCUT2D eigenvalue weighted by Gasteiger charge is 2.05. The summed E-state index contributed by atoms with van der Waals surface area (Å²) in [6, 6.07) is 0. The number of hydrogen-bond acceptors (Lipinski definition) is 3. The van der Waals surface area contributed by atoms with Crippen molar-refractivity contribution in [1.82, 2.24) is 9.97 Å². The summed E-state index contributed by atoms with van der Waals surface area (Å²) >= 11 is 0.